The van der Waals surface area contributed by atoms with E-state index in [1.807, 2.05) is 19.1 Å². The molecule has 4 aromatic rings. The SMILES string of the molecule is Cc1cn2cc(Nc3n[nH]c4cc(N5CC(C)NC(C)C5)cc(C#N)c34)cc(F)c2n1. The molecule has 1 aliphatic heterocycles. The lowest BCUT2D eigenvalue weighted by Crippen LogP contribution is -2.54. The van der Waals surface area contributed by atoms with Gasteiger partial charge in [-0.25, -0.2) is 9.37 Å². The van der Waals surface area contributed by atoms with Crippen LogP contribution < -0.4 is 15.5 Å². The third kappa shape index (κ3) is 3.45. The van der Waals surface area contributed by atoms with Crippen molar-refractivity contribution >= 4 is 33.7 Å². The van der Waals surface area contributed by atoms with Crippen LogP contribution in [0.25, 0.3) is 16.6 Å². The maximum Gasteiger partial charge on any atom is 0.173 e. The first-order valence-corrected chi connectivity index (χ1v) is 10.3. The fourth-order valence-corrected chi connectivity index (χ4v) is 4.43. The number of nitriles is 1. The summed E-state index contributed by atoms with van der Waals surface area (Å²) in [5.74, 6) is 0.0541. The van der Waals surface area contributed by atoms with E-state index in [0.29, 0.717) is 34.5 Å². The standard InChI is InChI=1S/C22H23FN8/c1-12-8-30(9-13(2)25-12)17-4-15(7-24)20-19(6-17)28-29-21(20)27-16-5-18(23)22-26-14(3)10-31(22)11-16/h4-6,10-13,25H,8-9H2,1-3H3,(H2,27,28,29). The highest BCUT2D eigenvalue weighted by Crippen LogP contribution is 2.32. The number of piperazine rings is 1. The van der Waals surface area contributed by atoms with E-state index in [-0.39, 0.29) is 5.65 Å². The van der Waals surface area contributed by atoms with Crippen LogP contribution in [0.2, 0.25) is 0 Å². The molecule has 158 valence electrons. The number of fused-ring (bicyclic) bond motifs is 2. The highest BCUT2D eigenvalue weighted by Gasteiger charge is 2.23. The van der Waals surface area contributed by atoms with Crippen molar-refractivity contribution < 1.29 is 4.39 Å². The molecule has 2 unspecified atom stereocenters. The van der Waals surface area contributed by atoms with Gasteiger partial charge in [-0.1, -0.05) is 0 Å². The van der Waals surface area contributed by atoms with Gasteiger partial charge < -0.3 is 19.9 Å². The third-order valence-corrected chi connectivity index (χ3v) is 5.58. The molecule has 9 heteroatoms. The Balaban J connectivity index is 1.53. The summed E-state index contributed by atoms with van der Waals surface area (Å²) in [6.45, 7) is 7.86. The number of halogens is 1. The van der Waals surface area contributed by atoms with Crippen molar-refractivity contribution in [3.8, 4) is 6.07 Å². The zero-order valence-electron chi connectivity index (χ0n) is 17.6. The molecule has 0 spiro atoms. The fraction of sp³-hybridized carbons (Fsp3) is 0.318. The zero-order chi connectivity index (χ0) is 21.7. The van der Waals surface area contributed by atoms with E-state index >= 15 is 0 Å². The van der Waals surface area contributed by atoms with Crippen molar-refractivity contribution in [3.05, 3.63) is 47.7 Å². The summed E-state index contributed by atoms with van der Waals surface area (Å²) in [5, 5.41) is 24.6. The van der Waals surface area contributed by atoms with E-state index in [2.05, 4.69) is 50.6 Å². The quantitative estimate of drug-likeness (QED) is 0.471. The summed E-state index contributed by atoms with van der Waals surface area (Å²) in [6.07, 6.45) is 3.51. The molecule has 1 aromatic carbocycles. The highest BCUT2D eigenvalue weighted by molar-refractivity contribution is 5.98. The number of benzene rings is 1. The van der Waals surface area contributed by atoms with Gasteiger partial charge in [0, 0.05) is 49.3 Å². The van der Waals surface area contributed by atoms with Gasteiger partial charge in [0.15, 0.2) is 17.3 Å². The van der Waals surface area contributed by atoms with Crippen LogP contribution in [-0.2, 0) is 0 Å². The monoisotopic (exact) mass is 418 g/mol. The molecule has 0 bridgehead atoms. The smallest absolute Gasteiger partial charge is 0.173 e. The molecule has 0 radical (unpaired) electrons. The van der Waals surface area contributed by atoms with Crippen LogP contribution in [0, 0.1) is 24.1 Å². The molecule has 31 heavy (non-hydrogen) atoms. The second-order valence-electron chi connectivity index (χ2n) is 8.29. The average molecular weight is 418 g/mol. The normalized spacial score (nSPS) is 19.1. The number of hydrogen-bond acceptors (Lipinski definition) is 6. The maximum absolute atomic E-state index is 14.5. The topological polar surface area (TPSA) is 97.1 Å². The highest BCUT2D eigenvalue weighted by atomic mass is 19.1. The summed E-state index contributed by atoms with van der Waals surface area (Å²) in [5.41, 5.74) is 3.79. The number of pyridine rings is 1. The first-order valence-electron chi connectivity index (χ1n) is 10.3. The first-order chi connectivity index (χ1) is 14.9. The number of nitrogens with one attached hydrogen (secondary N) is 3. The molecule has 0 amide bonds. The Morgan fingerprint density at radius 1 is 1.19 bits per heavy atom. The molecular weight excluding hydrogens is 395 g/mol. The average Bonchev–Trinajstić information content (AvgIpc) is 3.30. The van der Waals surface area contributed by atoms with Crippen LogP contribution in [-0.4, -0.2) is 44.8 Å². The Bertz CT molecular complexity index is 1320. The number of anilines is 3. The van der Waals surface area contributed by atoms with Gasteiger partial charge in [-0.05, 0) is 32.9 Å². The number of imidazole rings is 1. The predicted octanol–water partition coefficient (Wildman–Crippen LogP) is 3.46. The van der Waals surface area contributed by atoms with Crippen LogP contribution >= 0.6 is 0 Å². The second-order valence-corrected chi connectivity index (χ2v) is 8.29. The molecule has 4 heterocycles. The van der Waals surface area contributed by atoms with Crippen LogP contribution in [0.5, 0.6) is 0 Å². The third-order valence-electron chi connectivity index (χ3n) is 5.58. The van der Waals surface area contributed by atoms with E-state index < -0.39 is 5.82 Å². The number of rotatable bonds is 3. The van der Waals surface area contributed by atoms with Gasteiger partial charge in [0.05, 0.1) is 27.8 Å². The minimum absolute atomic E-state index is 0.275. The van der Waals surface area contributed by atoms with Crippen LogP contribution in [0.15, 0.2) is 30.6 Å². The molecule has 3 N–H and O–H groups in total. The van der Waals surface area contributed by atoms with Crippen molar-refractivity contribution in [1.29, 1.82) is 5.26 Å². The van der Waals surface area contributed by atoms with Crippen molar-refractivity contribution in [3.63, 3.8) is 0 Å². The molecule has 1 saturated heterocycles. The van der Waals surface area contributed by atoms with E-state index in [1.165, 1.54) is 6.07 Å². The number of aromatic amines is 1. The number of hydrogen-bond donors (Lipinski definition) is 3. The Kier molecular flexibility index (Phi) is 4.52. The van der Waals surface area contributed by atoms with Crippen molar-refractivity contribution in [2.24, 2.45) is 0 Å². The summed E-state index contributed by atoms with van der Waals surface area (Å²) < 4.78 is 16.1. The first kappa shape index (κ1) is 19.3. The van der Waals surface area contributed by atoms with Gasteiger partial charge in [0.2, 0.25) is 0 Å². The van der Waals surface area contributed by atoms with Crippen molar-refractivity contribution in [2.45, 2.75) is 32.9 Å². The van der Waals surface area contributed by atoms with Gasteiger partial charge in [-0.3, -0.25) is 5.10 Å². The number of nitrogens with zero attached hydrogens (tertiary/aromatic N) is 5. The van der Waals surface area contributed by atoms with E-state index in [0.717, 1.165) is 30.0 Å². The molecule has 0 saturated carbocycles. The Hall–Kier alpha value is -3.64. The Morgan fingerprint density at radius 3 is 2.71 bits per heavy atom. The minimum Gasteiger partial charge on any atom is -0.368 e. The van der Waals surface area contributed by atoms with Gasteiger partial charge >= 0.3 is 0 Å². The van der Waals surface area contributed by atoms with Crippen molar-refractivity contribution in [1.82, 2.24) is 24.9 Å². The molecule has 1 aliphatic rings. The summed E-state index contributed by atoms with van der Waals surface area (Å²) in [6, 6.07) is 8.32. The van der Waals surface area contributed by atoms with E-state index in [1.54, 1.807) is 16.8 Å². The van der Waals surface area contributed by atoms with Gasteiger partial charge in [0.25, 0.3) is 0 Å². The lowest BCUT2D eigenvalue weighted by atomic mass is 10.1. The number of aromatic nitrogens is 4. The number of H-pyrrole nitrogens is 1. The maximum atomic E-state index is 14.5. The molecule has 0 aliphatic carbocycles. The van der Waals surface area contributed by atoms with Gasteiger partial charge in [0.1, 0.15) is 6.07 Å². The molecule has 8 nitrogen and oxygen atoms in total. The predicted molar refractivity (Wildman–Crippen MR) is 118 cm³/mol. The van der Waals surface area contributed by atoms with Crippen LogP contribution in [0.1, 0.15) is 25.1 Å². The molecule has 5 rings (SSSR count). The summed E-state index contributed by atoms with van der Waals surface area (Å²) in [7, 11) is 0. The lowest BCUT2D eigenvalue weighted by molar-refractivity contribution is 0.407. The Morgan fingerprint density at radius 2 is 1.97 bits per heavy atom. The molecule has 1 fully saturated rings. The van der Waals surface area contributed by atoms with E-state index in [4.69, 9.17) is 0 Å². The minimum atomic E-state index is -0.428. The van der Waals surface area contributed by atoms with E-state index in [9.17, 15) is 9.65 Å². The number of aryl methyl sites for hydroxylation is 1. The lowest BCUT2D eigenvalue weighted by Gasteiger charge is -2.37. The van der Waals surface area contributed by atoms with Gasteiger partial charge in [-0.2, -0.15) is 10.4 Å². The molecule has 2 atom stereocenters. The van der Waals surface area contributed by atoms with Crippen LogP contribution in [0.4, 0.5) is 21.6 Å². The van der Waals surface area contributed by atoms with Crippen molar-refractivity contribution in [2.75, 3.05) is 23.3 Å². The Labute approximate surface area is 178 Å². The summed E-state index contributed by atoms with van der Waals surface area (Å²) in [4.78, 5) is 6.46. The second kappa shape index (κ2) is 7.25. The largest absolute Gasteiger partial charge is 0.368 e. The van der Waals surface area contributed by atoms with Crippen LogP contribution in [0.3, 0.4) is 0 Å². The molecule has 3 aromatic heterocycles. The summed E-state index contributed by atoms with van der Waals surface area (Å²) >= 11 is 0. The molecular formula is C22H23FN8. The fourth-order valence-electron chi connectivity index (χ4n) is 4.43. The zero-order valence-corrected chi connectivity index (χ0v) is 17.6. The van der Waals surface area contributed by atoms with Gasteiger partial charge in [-0.15, -0.1) is 0 Å².